The Balaban J connectivity index is 0.00000109. The van der Waals surface area contributed by atoms with Crippen LogP contribution in [0.4, 0.5) is 14.6 Å². The number of imidazole rings is 1. The van der Waals surface area contributed by atoms with Crippen molar-refractivity contribution >= 4 is 11.5 Å². The molecule has 3 aromatic rings. The van der Waals surface area contributed by atoms with Gasteiger partial charge in [-0.1, -0.05) is 21.3 Å². The number of hydrogen-bond acceptors (Lipinski definition) is 7. The average molecular weight is 409 g/mol. The lowest BCUT2D eigenvalue weighted by molar-refractivity contribution is 0.0463. The van der Waals surface area contributed by atoms with Crippen LogP contribution in [0.5, 0.6) is 0 Å². The molecular formula is C19H29F2N7O. The molecule has 3 aromatic heterocycles. The molecule has 0 spiro atoms. The summed E-state index contributed by atoms with van der Waals surface area (Å²) in [5.41, 5.74) is 6.34. The fourth-order valence-corrected chi connectivity index (χ4v) is 2.90. The van der Waals surface area contributed by atoms with E-state index in [9.17, 15) is 8.78 Å². The second-order valence-corrected chi connectivity index (χ2v) is 5.90. The van der Waals surface area contributed by atoms with Crippen molar-refractivity contribution in [2.45, 2.75) is 33.8 Å². The van der Waals surface area contributed by atoms with Gasteiger partial charge in [0.15, 0.2) is 11.5 Å². The number of nitrogens with zero attached hydrogens (tertiary/aromatic N) is 6. The van der Waals surface area contributed by atoms with Crippen LogP contribution in [0.25, 0.3) is 17.2 Å². The van der Waals surface area contributed by atoms with E-state index in [0.29, 0.717) is 43.4 Å². The Morgan fingerprint density at radius 3 is 2.79 bits per heavy atom. The van der Waals surface area contributed by atoms with Crippen molar-refractivity contribution in [3.05, 3.63) is 36.5 Å². The second-order valence-electron chi connectivity index (χ2n) is 5.90. The van der Waals surface area contributed by atoms with Gasteiger partial charge in [0.25, 0.3) is 6.43 Å². The van der Waals surface area contributed by atoms with E-state index >= 15 is 0 Å². The molecule has 160 valence electrons. The van der Waals surface area contributed by atoms with Crippen LogP contribution in [-0.2, 0) is 4.74 Å². The van der Waals surface area contributed by atoms with E-state index in [2.05, 4.69) is 24.8 Å². The highest BCUT2D eigenvalue weighted by Crippen LogP contribution is 2.23. The number of morpholine rings is 1. The SMILES string of the molecule is C.CC.NC[C@@H]1CN(c2ccnc(-c3cnc4cnc(C(F)F)cn34)n2)CCO1.[HH]. The van der Waals surface area contributed by atoms with Crippen LogP contribution >= 0.6 is 0 Å². The van der Waals surface area contributed by atoms with Crippen LogP contribution in [-0.4, -0.2) is 56.7 Å². The van der Waals surface area contributed by atoms with Crippen molar-refractivity contribution in [2.75, 3.05) is 31.1 Å². The van der Waals surface area contributed by atoms with Crippen LogP contribution in [0, 0.1) is 0 Å². The maximum Gasteiger partial charge on any atom is 0.281 e. The minimum absolute atomic E-state index is 0. The molecule has 1 aliphatic rings. The van der Waals surface area contributed by atoms with Crippen molar-refractivity contribution in [3.8, 4) is 11.5 Å². The van der Waals surface area contributed by atoms with Gasteiger partial charge in [-0.3, -0.25) is 4.40 Å². The Morgan fingerprint density at radius 2 is 2.07 bits per heavy atom. The molecule has 29 heavy (non-hydrogen) atoms. The first-order valence-corrected chi connectivity index (χ1v) is 9.17. The van der Waals surface area contributed by atoms with Crippen LogP contribution in [0.3, 0.4) is 0 Å². The lowest BCUT2D eigenvalue weighted by atomic mass is 10.2. The van der Waals surface area contributed by atoms with Gasteiger partial charge in [0, 0.05) is 33.5 Å². The van der Waals surface area contributed by atoms with Crippen molar-refractivity contribution in [2.24, 2.45) is 5.73 Å². The van der Waals surface area contributed by atoms with Crippen LogP contribution in [0.15, 0.2) is 30.9 Å². The Morgan fingerprint density at radius 1 is 1.28 bits per heavy atom. The first-order valence-electron chi connectivity index (χ1n) is 9.17. The summed E-state index contributed by atoms with van der Waals surface area (Å²) < 4.78 is 33.0. The molecule has 4 rings (SSSR count). The van der Waals surface area contributed by atoms with E-state index in [1.54, 1.807) is 18.5 Å². The molecule has 0 radical (unpaired) electrons. The zero-order valence-corrected chi connectivity index (χ0v) is 15.8. The topological polar surface area (TPSA) is 94.5 Å². The zero-order valence-electron chi connectivity index (χ0n) is 15.8. The molecule has 1 aliphatic heterocycles. The molecule has 0 aromatic carbocycles. The molecule has 0 aliphatic carbocycles. The van der Waals surface area contributed by atoms with E-state index in [0.717, 1.165) is 5.82 Å². The molecule has 2 N–H and O–H groups in total. The Labute approximate surface area is 170 Å². The molecule has 4 heterocycles. The summed E-state index contributed by atoms with van der Waals surface area (Å²) in [6.07, 6.45) is 3.05. The van der Waals surface area contributed by atoms with Gasteiger partial charge >= 0.3 is 0 Å². The molecule has 1 fully saturated rings. The Kier molecular flexibility index (Phi) is 7.91. The number of anilines is 1. The average Bonchev–Trinajstić information content (AvgIpc) is 3.18. The largest absolute Gasteiger partial charge is 0.373 e. The molecule has 1 saturated heterocycles. The summed E-state index contributed by atoms with van der Waals surface area (Å²) in [5.74, 6) is 1.13. The molecular weight excluding hydrogens is 380 g/mol. The molecule has 0 saturated carbocycles. The van der Waals surface area contributed by atoms with Gasteiger partial charge < -0.3 is 15.4 Å². The normalized spacial score (nSPS) is 16.3. The highest BCUT2D eigenvalue weighted by molar-refractivity contribution is 5.58. The third-order valence-electron chi connectivity index (χ3n) is 4.24. The Hall–Kier alpha value is -2.72. The molecule has 0 amide bonds. The third-order valence-corrected chi connectivity index (χ3v) is 4.24. The van der Waals surface area contributed by atoms with Gasteiger partial charge in [0.05, 0.1) is 25.1 Å². The third kappa shape index (κ3) is 4.83. The molecule has 10 heteroatoms. The van der Waals surface area contributed by atoms with Gasteiger partial charge in [0.2, 0.25) is 0 Å². The van der Waals surface area contributed by atoms with Gasteiger partial charge in [0.1, 0.15) is 17.2 Å². The van der Waals surface area contributed by atoms with E-state index in [4.69, 9.17) is 10.5 Å². The number of aromatic nitrogens is 5. The number of ether oxygens (including phenoxy) is 1. The zero-order chi connectivity index (χ0) is 20.1. The van der Waals surface area contributed by atoms with Gasteiger partial charge in [-0.2, -0.15) is 0 Å². The number of halogens is 2. The maximum atomic E-state index is 13.0. The van der Waals surface area contributed by atoms with E-state index in [-0.39, 0.29) is 20.7 Å². The quantitative estimate of drug-likeness (QED) is 0.707. The molecule has 1 atom stereocenters. The summed E-state index contributed by atoms with van der Waals surface area (Å²) in [5, 5.41) is 0. The molecule has 0 unspecified atom stereocenters. The summed E-state index contributed by atoms with van der Waals surface area (Å²) in [6.45, 7) is 6.34. The van der Waals surface area contributed by atoms with Crippen molar-refractivity contribution in [1.29, 1.82) is 0 Å². The van der Waals surface area contributed by atoms with Crippen LogP contribution < -0.4 is 10.6 Å². The minimum atomic E-state index is -2.66. The van der Waals surface area contributed by atoms with Crippen LogP contribution in [0.1, 0.15) is 34.8 Å². The Bertz CT molecular complexity index is 925. The highest BCUT2D eigenvalue weighted by Gasteiger charge is 2.21. The number of alkyl halides is 2. The predicted molar refractivity (Wildman–Crippen MR) is 110 cm³/mol. The first kappa shape index (κ1) is 22.6. The minimum Gasteiger partial charge on any atom is -0.373 e. The van der Waals surface area contributed by atoms with Gasteiger partial charge in [-0.15, -0.1) is 0 Å². The summed E-state index contributed by atoms with van der Waals surface area (Å²) in [6, 6.07) is 1.80. The second kappa shape index (κ2) is 10.2. The van der Waals surface area contributed by atoms with Crippen molar-refractivity contribution < 1.29 is 14.9 Å². The predicted octanol–water partition coefficient (Wildman–Crippen LogP) is 3.20. The van der Waals surface area contributed by atoms with E-state index in [1.807, 2.05) is 13.8 Å². The fourth-order valence-electron chi connectivity index (χ4n) is 2.90. The number of hydrogen-bond donors (Lipinski definition) is 1. The summed E-state index contributed by atoms with van der Waals surface area (Å²) >= 11 is 0. The van der Waals surface area contributed by atoms with E-state index in [1.165, 1.54) is 16.8 Å². The first-order chi connectivity index (χ1) is 13.7. The van der Waals surface area contributed by atoms with Crippen molar-refractivity contribution in [1.82, 2.24) is 24.3 Å². The number of nitrogens with two attached hydrogens (primary N) is 1. The highest BCUT2D eigenvalue weighted by atomic mass is 19.3. The van der Waals surface area contributed by atoms with Crippen molar-refractivity contribution in [3.63, 3.8) is 0 Å². The summed E-state index contributed by atoms with van der Waals surface area (Å²) in [4.78, 5) is 18.8. The number of rotatable bonds is 4. The summed E-state index contributed by atoms with van der Waals surface area (Å²) in [7, 11) is 0. The standard InChI is InChI=1S/C16H17F2N7O.C2H6.CH4.H2/c17-15(18)11-9-25-12(6-22-14(25)7-21-11)16-20-2-1-13(23-16)24-3-4-26-10(5-19)8-24;1-2;;/h1-2,6-7,9-10,15H,3-5,8,19H2;1-2H3;1H4;1H/t10-;;;/m1.../s1. The smallest absolute Gasteiger partial charge is 0.281 e. The van der Waals surface area contributed by atoms with Crippen LogP contribution in [0.2, 0.25) is 0 Å². The van der Waals surface area contributed by atoms with Gasteiger partial charge in [-0.05, 0) is 6.07 Å². The van der Waals surface area contributed by atoms with Gasteiger partial charge in [-0.25, -0.2) is 28.7 Å². The molecule has 8 nitrogen and oxygen atoms in total. The monoisotopic (exact) mass is 409 g/mol. The lowest BCUT2D eigenvalue weighted by Gasteiger charge is -2.33. The number of fused-ring (bicyclic) bond motifs is 1. The molecule has 0 bridgehead atoms. The maximum absolute atomic E-state index is 13.0. The van der Waals surface area contributed by atoms with E-state index < -0.39 is 6.43 Å². The fraction of sp³-hybridized carbons (Fsp3) is 0.474. The lowest BCUT2D eigenvalue weighted by Crippen LogP contribution is -2.46.